The molecule has 32 heavy (non-hydrogen) atoms. The summed E-state index contributed by atoms with van der Waals surface area (Å²) in [5.41, 5.74) is 0. The fourth-order valence-corrected chi connectivity index (χ4v) is 3.63. The second-order valence-electron chi connectivity index (χ2n) is 8.39. The van der Waals surface area contributed by atoms with Gasteiger partial charge in [0.1, 0.15) is 12.7 Å². The van der Waals surface area contributed by atoms with Crippen LogP contribution in [0.3, 0.4) is 0 Å². The first-order valence-electron chi connectivity index (χ1n) is 12.4. The maximum atomic E-state index is 10.4. The molecule has 0 aromatic carbocycles. The number of carboxylic acid groups (broad SMARTS) is 1. The molecule has 1 aromatic heterocycles. The average Bonchev–Trinajstić information content (AvgIpc) is 3.12. The number of imidazole rings is 1. The number of rotatable bonds is 19. The van der Waals surface area contributed by atoms with Crippen molar-refractivity contribution in [2.24, 2.45) is 0 Å². The Morgan fingerprint density at radius 1 is 0.938 bits per heavy atom. The third-order valence-corrected chi connectivity index (χ3v) is 5.54. The van der Waals surface area contributed by atoms with Crippen LogP contribution in [0.2, 0.25) is 0 Å². The van der Waals surface area contributed by atoms with Crippen molar-refractivity contribution in [1.29, 1.82) is 0 Å². The van der Waals surface area contributed by atoms with E-state index in [2.05, 4.69) is 11.9 Å². The Hall–Kier alpha value is -1.96. The molecule has 0 atom stereocenters. The zero-order chi connectivity index (χ0) is 24.0. The fraction of sp³-hybridized carbons (Fsp3) is 0.833. The molecule has 1 heterocycles. The summed E-state index contributed by atoms with van der Waals surface area (Å²) < 4.78 is 1.36. The second kappa shape index (κ2) is 20.9. The maximum absolute atomic E-state index is 10.4. The standard InChI is InChI=1S/C18H36O2.C6H9N3O3/c1-2-3-4-5-6-7-8-9-10-11-12-13-14-15-16-17-18(19)20;1-5-7-4-6(9(11)12)8(5)2-3-10/h2-17H2,1H3,(H,19,20);4,10H,2-3H2,1H3. The number of nitro groups is 1. The number of aliphatic hydroxyl groups is 1. The van der Waals surface area contributed by atoms with E-state index in [-0.39, 0.29) is 19.0 Å². The van der Waals surface area contributed by atoms with Crippen LogP contribution in [0, 0.1) is 17.0 Å². The molecule has 0 spiro atoms. The number of nitrogens with zero attached hydrogens (tertiary/aromatic N) is 3. The van der Waals surface area contributed by atoms with Gasteiger partial charge >= 0.3 is 11.8 Å². The third kappa shape index (κ3) is 16.7. The first kappa shape index (κ1) is 30.0. The summed E-state index contributed by atoms with van der Waals surface area (Å²) in [6.45, 7) is 4.01. The van der Waals surface area contributed by atoms with Crippen LogP contribution in [-0.4, -0.2) is 37.3 Å². The van der Waals surface area contributed by atoms with E-state index in [9.17, 15) is 14.9 Å². The van der Waals surface area contributed by atoms with Crippen LogP contribution in [0.15, 0.2) is 6.20 Å². The number of carboxylic acids is 1. The van der Waals surface area contributed by atoms with Gasteiger partial charge in [-0.1, -0.05) is 96.8 Å². The monoisotopic (exact) mass is 455 g/mol. The molecule has 186 valence electrons. The van der Waals surface area contributed by atoms with E-state index in [1.54, 1.807) is 6.92 Å². The van der Waals surface area contributed by atoms with Crippen LogP contribution in [-0.2, 0) is 11.3 Å². The zero-order valence-electron chi connectivity index (χ0n) is 20.3. The molecule has 1 rings (SSSR count). The van der Waals surface area contributed by atoms with E-state index in [1.807, 2.05) is 0 Å². The van der Waals surface area contributed by atoms with Crippen LogP contribution in [0.4, 0.5) is 5.82 Å². The summed E-state index contributed by atoms with van der Waals surface area (Å²) in [6, 6.07) is 0. The minimum atomic E-state index is -0.653. The van der Waals surface area contributed by atoms with Gasteiger partial charge in [-0.25, -0.2) is 9.55 Å². The highest BCUT2D eigenvalue weighted by atomic mass is 16.6. The largest absolute Gasteiger partial charge is 0.481 e. The van der Waals surface area contributed by atoms with Crippen molar-refractivity contribution in [1.82, 2.24) is 9.55 Å². The van der Waals surface area contributed by atoms with Gasteiger partial charge in [0.05, 0.1) is 6.61 Å². The van der Waals surface area contributed by atoms with Gasteiger partial charge in [-0.15, -0.1) is 0 Å². The lowest BCUT2D eigenvalue weighted by atomic mass is 10.0. The number of hydrogen-bond acceptors (Lipinski definition) is 5. The molecule has 0 saturated heterocycles. The molecular weight excluding hydrogens is 410 g/mol. The molecule has 1 aromatic rings. The van der Waals surface area contributed by atoms with Gasteiger partial charge in [-0.05, 0) is 11.3 Å². The van der Waals surface area contributed by atoms with E-state index in [0.717, 1.165) is 12.8 Å². The van der Waals surface area contributed by atoms with E-state index in [1.165, 1.54) is 94.2 Å². The molecule has 8 heteroatoms. The SMILES string of the molecule is CCCCCCCCCCCCCCCCCC(=O)O.Cc1ncc([N+](=O)[O-])n1CCO. The Kier molecular flexibility index (Phi) is 19.6. The molecule has 0 aliphatic carbocycles. The van der Waals surface area contributed by atoms with Gasteiger partial charge in [0, 0.05) is 13.3 Å². The number of aliphatic hydroxyl groups excluding tert-OH is 1. The summed E-state index contributed by atoms with van der Waals surface area (Å²) in [7, 11) is 0. The normalized spacial score (nSPS) is 10.6. The molecule has 0 fully saturated rings. The molecule has 0 amide bonds. The molecule has 0 aliphatic rings. The predicted molar refractivity (Wildman–Crippen MR) is 128 cm³/mol. The Morgan fingerprint density at radius 2 is 1.38 bits per heavy atom. The molecule has 2 N–H and O–H groups in total. The van der Waals surface area contributed by atoms with Crippen LogP contribution >= 0.6 is 0 Å². The van der Waals surface area contributed by atoms with Crippen molar-refractivity contribution >= 4 is 11.8 Å². The van der Waals surface area contributed by atoms with Crippen LogP contribution in [0.25, 0.3) is 0 Å². The Labute approximate surface area is 193 Å². The lowest BCUT2D eigenvalue weighted by molar-refractivity contribution is -0.392. The van der Waals surface area contributed by atoms with E-state index in [0.29, 0.717) is 12.2 Å². The van der Waals surface area contributed by atoms with Crippen molar-refractivity contribution in [3.8, 4) is 0 Å². The second-order valence-corrected chi connectivity index (χ2v) is 8.39. The summed E-state index contributed by atoms with van der Waals surface area (Å²) in [4.78, 5) is 24.0. The number of unbranched alkanes of at least 4 members (excludes halogenated alkanes) is 14. The summed E-state index contributed by atoms with van der Waals surface area (Å²) >= 11 is 0. The van der Waals surface area contributed by atoms with Crippen molar-refractivity contribution < 1.29 is 19.9 Å². The highest BCUT2D eigenvalue weighted by molar-refractivity contribution is 5.66. The Morgan fingerprint density at radius 3 is 1.75 bits per heavy atom. The third-order valence-electron chi connectivity index (χ3n) is 5.54. The van der Waals surface area contributed by atoms with Crippen LogP contribution in [0.5, 0.6) is 0 Å². The Bertz CT molecular complexity index is 604. The molecule has 0 bridgehead atoms. The van der Waals surface area contributed by atoms with E-state index < -0.39 is 10.9 Å². The molecule has 0 radical (unpaired) electrons. The molecule has 0 unspecified atom stereocenters. The predicted octanol–water partition coefficient (Wildman–Crippen LogP) is 6.42. The number of hydrogen-bond donors (Lipinski definition) is 2. The summed E-state index contributed by atoms with van der Waals surface area (Å²) in [5, 5.41) is 27.5. The number of aryl methyl sites for hydroxylation is 1. The van der Waals surface area contributed by atoms with Crippen molar-refractivity contribution in [3.63, 3.8) is 0 Å². The molecule has 8 nitrogen and oxygen atoms in total. The highest BCUT2D eigenvalue weighted by Crippen LogP contribution is 2.14. The van der Waals surface area contributed by atoms with Gasteiger partial charge < -0.3 is 20.3 Å². The van der Waals surface area contributed by atoms with Crippen molar-refractivity contribution in [2.75, 3.05) is 6.61 Å². The average molecular weight is 456 g/mol. The van der Waals surface area contributed by atoms with Gasteiger partial charge in [0.25, 0.3) is 0 Å². The zero-order valence-corrected chi connectivity index (χ0v) is 20.3. The highest BCUT2D eigenvalue weighted by Gasteiger charge is 2.15. The van der Waals surface area contributed by atoms with Gasteiger partial charge in [0.2, 0.25) is 0 Å². The lowest BCUT2D eigenvalue weighted by Gasteiger charge is -2.03. The van der Waals surface area contributed by atoms with E-state index in [4.69, 9.17) is 10.2 Å². The number of aliphatic carboxylic acids is 1. The summed E-state index contributed by atoms with van der Waals surface area (Å²) in [5.74, 6) is -0.197. The van der Waals surface area contributed by atoms with E-state index >= 15 is 0 Å². The quantitative estimate of drug-likeness (QED) is 0.141. The number of aromatic nitrogens is 2. The topological polar surface area (TPSA) is 118 Å². The molecule has 0 aliphatic heterocycles. The molecular formula is C24H45N3O5. The van der Waals surface area contributed by atoms with Crippen molar-refractivity contribution in [2.45, 2.75) is 123 Å². The van der Waals surface area contributed by atoms with Crippen LogP contribution < -0.4 is 0 Å². The first-order chi connectivity index (χ1) is 15.4. The lowest BCUT2D eigenvalue weighted by Crippen LogP contribution is -2.07. The number of carbonyl (C=O) groups is 1. The van der Waals surface area contributed by atoms with Gasteiger partial charge in [-0.3, -0.25) is 4.79 Å². The minimum absolute atomic E-state index is 0.0819. The maximum Gasteiger partial charge on any atom is 0.342 e. The first-order valence-corrected chi connectivity index (χ1v) is 12.4. The minimum Gasteiger partial charge on any atom is -0.481 e. The summed E-state index contributed by atoms with van der Waals surface area (Å²) in [6.07, 6.45) is 21.4. The molecule has 0 saturated carbocycles. The fourth-order valence-electron chi connectivity index (χ4n) is 3.63. The van der Waals surface area contributed by atoms with Gasteiger partial charge in [-0.2, -0.15) is 0 Å². The Balaban J connectivity index is 0.000000677. The van der Waals surface area contributed by atoms with Crippen LogP contribution in [0.1, 0.15) is 115 Å². The van der Waals surface area contributed by atoms with Gasteiger partial charge in [0.15, 0.2) is 5.82 Å². The van der Waals surface area contributed by atoms with Crippen molar-refractivity contribution in [3.05, 3.63) is 22.1 Å². The smallest absolute Gasteiger partial charge is 0.342 e.